The molecule has 2 saturated carbocycles. The van der Waals surface area contributed by atoms with Gasteiger partial charge in [-0.1, -0.05) is 20.8 Å². The van der Waals surface area contributed by atoms with Crippen LogP contribution in [0.3, 0.4) is 0 Å². The predicted octanol–water partition coefficient (Wildman–Crippen LogP) is 3.64. The molecule has 94 valence electrons. The van der Waals surface area contributed by atoms with Crippen molar-refractivity contribution in [2.45, 2.75) is 58.4 Å². The smallest absolute Gasteiger partial charge is 0.0968 e. The fourth-order valence-corrected chi connectivity index (χ4v) is 3.89. The van der Waals surface area contributed by atoms with Crippen molar-refractivity contribution in [3.05, 3.63) is 15.6 Å². The highest BCUT2D eigenvalue weighted by Crippen LogP contribution is 2.60. The topological polar surface area (TPSA) is 24.9 Å². The Morgan fingerprint density at radius 1 is 1.41 bits per heavy atom. The van der Waals surface area contributed by atoms with Crippen LogP contribution in [0, 0.1) is 5.41 Å². The number of rotatable bonds is 5. The Bertz CT molecular complexity index is 418. The third-order valence-electron chi connectivity index (χ3n) is 4.06. The quantitative estimate of drug-likeness (QED) is 0.863. The maximum atomic E-state index is 4.96. The zero-order valence-electron chi connectivity index (χ0n) is 11.0. The lowest BCUT2D eigenvalue weighted by molar-refractivity contribution is 0.619. The average molecular weight is 250 g/mol. The minimum absolute atomic E-state index is 0.508. The van der Waals surface area contributed by atoms with Crippen LogP contribution in [0.4, 0.5) is 0 Å². The van der Waals surface area contributed by atoms with Gasteiger partial charge in [-0.15, -0.1) is 11.3 Å². The average Bonchev–Trinajstić information content (AvgIpc) is 3.17. The molecule has 1 atom stereocenters. The molecule has 17 heavy (non-hydrogen) atoms. The van der Waals surface area contributed by atoms with Crippen LogP contribution in [0.15, 0.2) is 0 Å². The molecule has 2 fully saturated rings. The lowest BCUT2D eigenvalue weighted by atomic mass is 10.1. The normalized spacial score (nSPS) is 26.2. The first-order valence-corrected chi connectivity index (χ1v) is 7.63. The van der Waals surface area contributed by atoms with Gasteiger partial charge in [0.25, 0.3) is 0 Å². The second-order valence-corrected chi connectivity index (χ2v) is 7.28. The van der Waals surface area contributed by atoms with Gasteiger partial charge in [-0.25, -0.2) is 4.98 Å². The molecule has 3 rings (SSSR count). The van der Waals surface area contributed by atoms with E-state index in [0.29, 0.717) is 5.41 Å². The van der Waals surface area contributed by atoms with Crippen LogP contribution < -0.4 is 5.32 Å². The summed E-state index contributed by atoms with van der Waals surface area (Å²) in [5.41, 5.74) is 1.93. The van der Waals surface area contributed by atoms with Crippen LogP contribution in [-0.4, -0.2) is 11.5 Å². The van der Waals surface area contributed by atoms with Gasteiger partial charge < -0.3 is 5.32 Å². The molecule has 2 aliphatic carbocycles. The first-order valence-electron chi connectivity index (χ1n) is 6.82. The summed E-state index contributed by atoms with van der Waals surface area (Å²) in [6.45, 7) is 8.96. The predicted molar refractivity (Wildman–Crippen MR) is 72.6 cm³/mol. The second-order valence-electron chi connectivity index (χ2n) is 6.16. The summed E-state index contributed by atoms with van der Waals surface area (Å²) in [7, 11) is 0. The number of hydrogen-bond acceptors (Lipinski definition) is 3. The number of nitrogens with one attached hydrogen (secondary N) is 1. The molecule has 1 aromatic rings. The molecule has 0 aliphatic heterocycles. The molecule has 0 bridgehead atoms. The lowest BCUT2D eigenvalue weighted by Crippen LogP contribution is -2.11. The Morgan fingerprint density at radius 2 is 2.12 bits per heavy atom. The molecule has 0 radical (unpaired) electrons. The number of hydrogen-bond donors (Lipinski definition) is 1. The van der Waals surface area contributed by atoms with Crippen LogP contribution in [0.2, 0.25) is 0 Å². The first kappa shape index (κ1) is 11.7. The first-order chi connectivity index (χ1) is 8.12. The number of aromatic nitrogens is 1. The van der Waals surface area contributed by atoms with Crippen molar-refractivity contribution in [2.75, 3.05) is 6.54 Å². The fourth-order valence-electron chi connectivity index (χ4n) is 2.46. The van der Waals surface area contributed by atoms with Crippen LogP contribution in [0.25, 0.3) is 0 Å². The van der Waals surface area contributed by atoms with E-state index in [1.807, 2.05) is 11.3 Å². The molecule has 1 aromatic heterocycles. The fraction of sp³-hybridized carbons (Fsp3) is 0.786. The molecular weight excluding hydrogens is 228 g/mol. The highest BCUT2D eigenvalue weighted by atomic mass is 32.1. The van der Waals surface area contributed by atoms with Gasteiger partial charge >= 0.3 is 0 Å². The van der Waals surface area contributed by atoms with Crippen molar-refractivity contribution in [1.29, 1.82) is 0 Å². The third kappa shape index (κ3) is 2.27. The molecular formula is C14H22N2S. The minimum Gasteiger partial charge on any atom is -0.312 e. The van der Waals surface area contributed by atoms with Gasteiger partial charge in [-0.3, -0.25) is 0 Å². The van der Waals surface area contributed by atoms with E-state index in [9.17, 15) is 0 Å². The van der Waals surface area contributed by atoms with Crippen LogP contribution in [0.5, 0.6) is 0 Å². The number of nitrogens with zero attached hydrogens (tertiary/aromatic N) is 1. The maximum absolute atomic E-state index is 4.96. The van der Waals surface area contributed by atoms with E-state index < -0.39 is 0 Å². The van der Waals surface area contributed by atoms with E-state index in [0.717, 1.165) is 24.9 Å². The van der Waals surface area contributed by atoms with E-state index in [4.69, 9.17) is 4.98 Å². The van der Waals surface area contributed by atoms with Crippen LogP contribution >= 0.6 is 11.3 Å². The maximum Gasteiger partial charge on any atom is 0.0968 e. The Morgan fingerprint density at radius 3 is 2.65 bits per heavy atom. The van der Waals surface area contributed by atoms with Gasteiger partial charge in [0.2, 0.25) is 0 Å². The van der Waals surface area contributed by atoms with Crippen LogP contribution in [-0.2, 0) is 6.54 Å². The lowest BCUT2D eigenvalue weighted by Gasteiger charge is -2.00. The summed E-state index contributed by atoms with van der Waals surface area (Å²) in [5, 5.41) is 4.86. The van der Waals surface area contributed by atoms with Gasteiger partial charge in [0.05, 0.1) is 10.7 Å². The summed E-state index contributed by atoms with van der Waals surface area (Å²) < 4.78 is 0. The van der Waals surface area contributed by atoms with Gasteiger partial charge in [0.15, 0.2) is 0 Å². The molecule has 0 aromatic carbocycles. The largest absolute Gasteiger partial charge is 0.312 e. The van der Waals surface area contributed by atoms with Crippen LogP contribution in [0.1, 0.15) is 67.4 Å². The Labute approximate surface area is 108 Å². The summed E-state index contributed by atoms with van der Waals surface area (Å²) in [6.07, 6.45) is 4.04. The summed E-state index contributed by atoms with van der Waals surface area (Å²) in [5.74, 6) is 1.52. The Kier molecular flexibility index (Phi) is 2.79. The van der Waals surface area contributed by atoms with E-state index in [2.05, 4.69) is 26.1 Å². The van der Waals surface area contributed by atoms with Crippen molar-refractivity contribution in [2.24, 2.45) is 5.41 Å². The van der Waals surface area contributed by atoms with Crippen molar-refractivity contribution in [3.8, 4) is 0 Å². The SMILES string of the molecule is CCNCc1sc(C2CC2(C)C)nc1C1CC1. The van der Waals surface area contributed by atoms with Gasteiger partial charge in [0, 0.05) is 23.3 Å². The van der Waals surface area contributed by atoms with Crippen molar-refractivity contribution >= 4 is 11.3 Å². The molecule has 1 N–H and O–H groups in total. The van der Waals surface area contributed by atoms with Crippen molar-refractivity contribution in [3.63, 3.8) is 0 Å². The Balaban J connectivity index is 1.81. The summed E-state index contributed by atoms with van der Waals surface area (Å²) in [4.78, 5) is 6.47. The van der Waals surface area contributed by atoms with E-state index in [1.54, 1.807) is 0 Å². The second kappa shape index (κ2) is 4.06. The summed E-state index contributed by atoms with van der Waals surface area (Å²) >= 11 is 1.97. The molecule has 1 unspecified atom stereocenters. The minimum atomic E-state index is 0.508. The summed E-state index contributed by atoms with van der Waals surface area (Å²) in [6, 6.07) is 0. The van der Waals surface area contributed by atoms with E-state index in [1.165, 1.54) is 34.8 Å². The molecule has 1 heterocycles. The third-order valence-corrected chi connectivity index (χ3v) is 5.24. The molecule has 3 heteroatoms. The van der Waals surface area contributed by atoms with Crippen molar-refractivity contribution < 1.29 is 0 Å². The number of thiazole rings is 1. The zero-order valence-corrected chi connectivity index (χ0v) is 11.9. The van der Waals surface area contributed by atoms with E-state index in [-0.39, 0.29) is 0 Å². The van der Waals surface area contributed by atoms with E-state index >= 15 is 0 Å². The molecule has 0 saturated heterocycles. The van der Waals surface area contributed by atoms with Gasteiger partial charge in [-0.05, 0) is 31.2 Å². The molecule has 0 spiro atoms. The van der Waals surface area contributed by atoms with Gasteiger partial charge in [-0.2, -0.15) is 0 Å². The highest BCUT2D eigenvalue weighted by Gasteiger charge is 2.49. The zero-order chi connectivity index (χ0) is 12.0. The van der Waals surface area contributed by atoms with Crippen molar-refractivity contribution in [1.82, 2.24) is 10.3 Å². The Hall–Kier alpha value is -0.410. The molecule has 2 nitrogen and oxygen atoms in total. The molecule has 0 amide bonds. The van der Waals surface area contributed by atoms with Gasteiger partial charge in [0.1, 0.15) is 0 Å². The monoisotopic (exact) mass is 250 g/mol. The molecule has 2 aliphatic rings. The standard InChI is InChI=1S/C14H22N2S/c1-4-15-8-11-12(9-5-6-9)16-13(17-11)10-7-14(10,2)3/h9-10,15H,4-8H2,1-3H3. The highest BCUT2D eigenvalue weighted by molar-refractivity contribution is 7.11.